The van der Waals surface area contributed by atoms with Gasteiger partial charge in [0.1, 0.15) is 6.04 Å². The average molecular weight is 165 g/mol. The normalized spacial score (nSPS) is 28.0. The van der Waals surface area contributed by atoms with Gasteiger partial charge in [0.15, 0.2) is 0 Å². The number of nitrogens with one attached hydrogen (secondary N) is 1. The second-order valence-corrected chi connectivity index (χ2v) is 3.12. The summed E-state index contributed by atoms with van der Waals surface area (Å²) >= 11 is 0. The van der Waals surface area contributed by atoms with Gasteiger partial charge >= 0.3 is 0 Å². The van der Waals surface area contributed by atoms with Crippen molar-refractivity contribution in [1.82, 2.24) is 9.88 Å². The van der Waals surface area contributed by atoms with Crippen LogP contribution in [0.3, 0.4) is 0 Å². The quantitative estimate of drug-likeness (QED) is 0.552. The molecule has 1 aliphatic rings. The summed E-state index contributed by atoms with van der Waals surface area (Å²) in [4.78, 5) is 10.8. The van der Waals surface area contributed by atoms with Crippen molar-refractivity contribution in [3.05, 3.63) is 24.0 Å². The van der Waals surface area contributed by atoms with Gasteiger partial charge in [0, 0.05) is 19.4 Å². The highest BCUT2D eigenvalue weighted by Crippen LogP contribution is 2.22. The van der Waals surface area contributed by atoms with E-state index in [1.807, 2.05) is 30.1 Å². The van der Waals surface area contributed by atoms with Crippen molar-refractivity contribution < 1.29 is 4.79 Å². The Morgan fingerprint density at radius 3 is 2.83 bits per heavy atom. The molecule has 0 spiro atoms. The van der Waals surface area contributed by atoms with Crippen molar-refractivity contribution in [3.63, 3.8) is 0 Å². The van der Waals surface area contributed by atoms with Crippen LogP contribution in [0.4, 0.5) is 0 Å². The number of carbonyl (C=O) groups is 1. The van der Waals surface area contributed by atoms with E-state index in [0.717, 1.165) is 5.56 Å². The van der Waals surface area contributed by atoms with Crippen LogP contribution in [0, 0.1) is 0 Å². The first-order chi connectivity index (χ1) is 5.68. The number of nitrogens with two attached hydrogens (primary N) is 1. The van der Waals surface area contributed by atoms with Crippen molar-refractivity contribution in [2.45, 2.75) is 12.1 Å². The van der Waals surface area contributed by atoms with Gasteiger partial charge in [-0.2, -0.15) is 0 Å². The van der Waals surface area contributed by atoms with Gasteiger partial charge in [-0.05, 0) is 11.6 Å². The molecule has 64 valence electrons. The molecule has 1 amide bonds. The van der Waals surface area contributed by atoms with Gasteiger partial charge in [-0.25, -0.2) is 0 Å². The Labute approximate surface area is 70.4 Å². The Morgan fingerprint density at radius 2 is 2.42 bits per heavy atom. The van der Waals surface area contributed by atoms with Crippen molar-refractivity contribution in [3.8, 4) is 0 Å². The molecule has 12 heavy (non-hydrogen) atoms. The summed E-state index contributed by atoms with van der Waals surface area (Å²) < 4.78 is 1.94. The van der Waals surface area contributed by atoms with E-state index in [0.29, 0.717) is 0 Å². The fraction of sp³-hybridized carbons (Fsp3) is 0.375. The van der Waals surface area contributed by atoms with Crippen LogP contribution in [-0.4, -0.2) is 16.5 Å². The van der Waals surface area contributed by atoms with E-state index in [1.54, 1.807) is 0 Å². The summed E-state index contributed by atoms with van der Waals surface area (Å²) in [6.07, 6.45) is 3.90. The maximum Gasteiger partial charge on any atom is 0.239 e. The molecule has 2 rings (SSSR count). The summed E-state index contributed by atoms with van der Waals surface area (Å²) in [5, 5.41) is 2.74. The number of nitrogens with zero attached hydrogens (tertiary/aromatic N) is 1. The van der Waals surface area contributed by atoms with Gasteiger partial charge in [0.25, 0.3) is 0 Å². The fourth-order valence-electron chi connectivity index (χ4n) is 1.39. The molecule has 1 fully saturated rings. The lowest BCUT2D eigenvalue weighted by atomic mass is 9.95. The molecule has 1 aromatic rings. The number of aryl methyl sites for hydroxylation is 1. The van der Waals surface area contributed by atoms with Gasteiger partial charge in [-0.3, -0.25) is 4.79 Å². The highest BCUT2D eigenvalue weighted by Gasteiger charge is 2.37. The van der Waals surface area contributed by atoms with E-state index < -0.39 is 0 Å². The predicted molar refractivity (Wildman–Crippen MR) is 44.3 cm³/mol. The number of aromatic nitrogens is 1. The summed E-state index contributed by atoms with van der Waals surface area (Å²) in [6.45, 7) is 0. The number of rotatable bonds is 1. The van der Waals surface area contributed by atoms with Crippen LogP contribution in [0.1, 0.15) is 11.6 Å². The molecular weight excluding hydrogens is 154 g/mol. The first-order valence-electron chi connectivity index (χ1n) is 3.86. The molecule has 2 unspecified atom stereocenters. The molecule has 0 radical (unpaired) electrons. The van der Waals surface area contributed by atoms with Crippen molar-refractivity contribution in [2.24, 2.45) is 12.8 Å². The molecule has 4 nitrogen and oxygen atoms in total. The molecule has 2 atom stereocenters. The number of hydrogen-bond acceptors (Lipinski definition) is 2. The lowest BCUT2D eigenvalue weighted by molar-refractivity contribution is -0.130. The summed E-state index contributed by atoms with van der Waals surface area (Å²) in [5.41, 5.74) is 6.66. The van der Waals surface area contributed by atoms with E-state index in [2.05, 4.69) is 5.32 Å². The van der Waals surface area contributed by atoms with E-state index >= 15 is 0 Å². The van der Waals surface area contributed by atoms with Crippen molar-refractivity contribution in [1.29, 1.82) is 0 Å². The first-order valence-corrected chi connectivity index (χ1v) is 3.86. The third-order valence-electron chi connectivity index (χ3n) is 2.17. The molecule has 3 N–H and O–H groups in total. The van der Waals surface area contributed by atoms with Gasteiger partial charge in [-0.1, -0.05) is 0 Å². The van der Waals surface area contributed by atoms with Gasteiger partial charge in [-0.15, -0.1) is 0 Å². The Kier molecular flexibility index (Phi) is 1.44. The molecule has 0 bridgehead atoms. The molecule has 1 saturated heterocycles. The lowest BCUT2D eigenvalue weighted by Gasteiger charge is -2.33. The van der Waals surface area contributed by atoms with Crippen LogP contribution < -0.4 is 11.1 Å². The largest absolute Gasteiger partial charge is 0.357 e. The second-order valence-electron chi connectivity index (χ2n) is 3.12. The maximum absolute atomic E-state index is 10.8. The Balaban J connectivity index is 2.17. The van der Waals surface area contributed by atoms with E-state index in [-0.39, 0.29) is 18.0 Å². The Morgan fingerprint density at radius 1 is 1.67 bits per heavy atom. The van der Waals surface area contributed by atoms with Crippen molar-refractivity contribution >= 4 is 5.91 Å². The van der Waals surface area contributed by atoms with Crippen LogP contribution in [-0.2, 0) is 11.8 Å². The molecule has 0 aromatic carbocycles. The number of hydrogen-bond donors (Lipinski definition) is 2. The number of carbonyl (C=O) groups excluding carboxylic acids is 1. The van der Waals surface area contributed by atoms with E-state index in [4.69, 9.17) is 5.73 Å². The smallest absolute Gasteiger partial charge is 0.239 e. The molecule has 0 saturated carbocycles. The molecular formula is C8H11N3O. The highest BCUT2D eigenvalue weighted by molar-refractivity contribution is 5.89. The zero-order chi connectivity index (χ0) is 8.72. The molecule has 1 aliphatic heterocycles. The first kappa shape index (κ1) is 7.36. The zero-order valence-electron chi connectivity index (χ0n) is 6.82. The minimum atomic E-state index is -0.368. The second kappa shape index (κ2) is 2.35. The standard InChI is InChI=1S/C8H11N3O/c1-11-3-2-5(4-11)7-6(9)8(12)10-7/h2-4,6-7H,9H2,1H3,(H,10,12). The third-order valence-corrected chi connectivity index (χ3v) is 2.17. The summed E-state index contributed by atoms with van der Waals surface area (Å²) in [6, 6.07) is 1.61. The maximum atomic E-state index is 10.8. The van der Waals surface area contributed by atoms with Gasteiger partial charge in [0.2, 0.25) is 5.91 Å². The molecule has 2 heterocycles. The molecule has 4 heteroatoms. The summed E-state index contributed by atoms with van der Waals surface area (Å²) in [5.74, 6) is -0.0659. The van der Waals surface area contributed by atoms with Crippen LogP contribution in [0.15, 0.2) is 18.5 Å². The number of β-lactam (4-membered cyclic amide) rings is 1. The van der Waals surface area contributed by atoms with E-state index in [9.17, 15) is 4.79 Å². The summed E-state index contributed by atoms with van der Waals surface area (Å²) in [7, 11) is 1.94. The topological polar surface area (TPSA) is 60.0 Å². The highest BCUT2D eigenvalue weighted by atomic mass is 16.2. The van der Waals surface area contributed by atoms with Crippen LogP contribution in [0.25, 0.3) is 0 Å². The third kappa shape index (κ3) is 0.921. The molecule has 0 aliphatic carbocycles. The predicted octanol–water partition coefficient (Wildman–Crippen LogP) is -0.477. The van der Waals surface area contributed by atoms with E-state index in [1.165, 1.54) is 0 Å². The Hall–Kier alpha value is -1.29. The SMILES string of the molecule is Cn1ccc(C2NC(=O)C2N)c1. The lowest BCUT2D eigenvalue weighted by Crippen LogP contribution is -2.60. The molecule has 1 aromatic heterocycles. The van der Waals surface area contributed by atoms with Gasteiger partial charge in [0.05, 0.1) is 6.04 Å². The van der Waals surface area contributed by atoms with Gasteiger partial charge < -0.3 is 15.6 Å². The van der Waals surface area contributed by atoms with Crippen LogP contribution in [0.2, 0.25) is 0 Å². The van der Waals surface area contributed by atoms with Crippen LogP contribution in [0.5, 0.6) is 0 Å². The van der Waals surface area contributed by atoms with Crippen molar-refractivity contribution in [2.75, 3.05) is 0 Å². The zero-order valence-corrected chi connectivity index (χ0v) is 6.82. The minimum Gasteiger partial charge on any atom is -0.357 e. The van der Waals surface area contributed by atoms with Crippen LogP contribution >= 0.6 is 0 Å². The average Bonchev–Trinajstić information content (AvgIpc) is 2.46. The monoisotopic (exact) mass is 165 g/mol. The fourth-order valence-corrected chi connectivity index (χ4v) is 1.39. The number of amides is 1. The minimum absolute atomic E-state index is 0.0127. The Bertz CT molecular complexity index is 318.